The lowest BCUT2D eigenvalue weighted by atomic mass is 10.2. The minimum Gasteiger partial charge on any atom is -0.343 e. The van der Waals surface area contributed by atoms with E-state index in [9.17, 15) is 13.6 Å². The summed E-state index contributed by atoms with van der Waals surface area (Å²) in [5.41, 5.74) is 0.110. The molecule has 1 aromatic heterocycles. The normalized spacial score (nSPS) is 10.8. The Labute approximate surface area is 82.5 Å². The Morgan fingerprint density at radius 2 is 2.07 bits per heavy atom. The number of halogens is 3. The van der Waals surface area contributed by atoms with Crippen LogP contribution < -0.4 is 0 Å². The Hall–Kier alpha value is -1.42. The molecule has 1 aromatic carbocycles. The fourth-order valence-electron chi connectivity index (χ4n) is 1.32. The number of aldehydes is 1. The molecule has 14 heavy (non-hydrogen) atoms. The summed E-state index contributed by atoms with van der Waals surface area (Å²) in [7, 11) is 0. The summed E-state index contributed by atoms with van der Waals surface area (Å²) in [6.07, 6.45) is 0.458. The van der Waals surface area contributed by atoms with Crippen LogP contribution in [0.25, 0.3) is 10.9 Å². The van der Waals surface area contributed by atoms with Crippen molar-refractivity contribution in [3.05, 3.63) is 34.5 Å². The molecule has 1 heterocycles. The number of benzene rings is 1. The molecule has 2 aromatic rings. The Bertz CT molecular complexity index is 521. The first kappa shape index (κ1) is 9.15. The Balaban J connectivity index is 2.94. The number of carbonyl (C=O) groups is 1. The predicted molar refractivity (Wildman–Crippen MR) is 48.6 cm³/mol. The van der Waals surface area contributed by atoms with Crippen LogP contribution in [-0.4, -0.2) is 11.3 Å². The molecule has 0 fully saturated rings. The molecule has 0 aliphatic carbocycles. The van der Waals surface area contributed by atoms with E-state index in [4.69, 9.17) is 11.6 Å². The monoisotopic (exact) mass is 215 g/mol. The molecule has 2 nitrogen and oxygen atoms in total. The molecule has 5 heteroatoms. The van der Waals surface area contributed by atoms with E-state index in [2.05, 4.69) is 4.98 Å². The lowest BCUT2D eigenvalue weighted by molar-refractivity contribution is 0.112. The minimum absolute atomic E-state index is 0.0134. The predicted octanol–water partition coefficient (Wildman–Crippen LogP) is 2.91. The highest BCUT2D eigenvalue weighted by molar-refractivity contribution is 6.34. The van der Waals surface area contributed by atoms with Crippen molar-refractivity contribution in [1.82, 2.24) is 4.98 Å². The SMILES string of the molecule is O=Cc1c(Cl)[nH]c2c(F)cc(F)cc12. The average Bonchev–Trinajstić information content (AvgIpc) is 2.41. The van der Waals surface area contributed by atoms with Crippen molar-refractivity contribution in [2.75, 3.05) is 0 Å². The quantitative estimate of drug-likeness (QED) is 0.729. The second-order valence-electron chi connectivity index (χ2n) is 2.78. The molecule has 0 radical (unpaired) electrons. The molecule has 0 aliphatic heterocycles. The fourth-order valence-corrected chi connectivity index (χ4v) is 1.56. The van der Waals surface area contributed by atoms with Crippen molar-refractivity contribution in [2.24, 2.45) is 0 Å². The third kappa shape index (κ3) is 1.19. The third-order valence-corrected chi connectivity index (χ3v) is 2.23. The second kappa shape index (κ2) is 3.06. The zero-order valence-corrected chi connectivity index (χ0v) is 7.53. The van der Waals surface area contributed by atoms with E-state index in [0.29, 0.717) is 6.29 Å². The zero-order chi connectivity index (χ0) is 10.3. The number of aromatic amines is 1. The van der Waals surface area contributed by atoms with Gasteiger partial charge in [-0.1, -0.05) is 11.6 Å². The van der Waals surface area contributed by atoms with Crippen LogP contribution >= 0.6 is 11.6 Å². The smallest absolute Gasteiger partial charge is 0.153 e. The summed E-state index contributed by atoms with van der Waals surface area (Å²) in [4.78, 5) is 13.0. The van der Waals surface area contributed by atoms with Gasteiger partial charge in [0.1, 0.15) is 16.8 Å². The summed E-state index contributed by atoms with van der Waals surface area (Å²) in [6.45, 7) is 0. The van der Waals surface area contributed by atoms with Gasteiger partial charge in [-0.2, -0.15) is 0 Å². The molecule has 0 saturated carbocycles. The van der Waals surface area contributed by atoms with Gasteiger partial charge < -0.3 is 4.98 Å². The number of nitrogens with one attached hydrogen (secondary N) is 1. The van der Waals surface area contributed by atoms with Gasteiger partial charge in [0.25, 0.3) is 0 Å². The molecule has 0 atom stereocenters. The first-order valence-electron chi connectivity index (χ1n) is 3.75. The number of aromatic nitrogens is 1. The maximum atomic E-state index is 13.1. The summed E-state index contributed by atoms with van der Waals surface area (Å²) >= 11 is 5.62. The van der Waals surface area contributed by atoms with Gasteiger partial charge in [-0.25, -0.2) is 8.78 Å². The van der Waals surface area contributed by atoms with Gasteiger partial charge in [0.2, 0.25) is 0 Å². The highest BCUT2D eigenvalue weighted by Gasteiger charge is 2.13. The van der Waals surface area contributed by atoms with E-state index in [1.54, 1.807) is 0 Å². The molecule has 0 bridgehead atoms. The van der Waals surface area contributed by atoms with Crippen LogP contribution in [0, 0.1) is 11.6 Å². The number of H-pyrrole nitrogens is 1. The first-order valence-corrected chi connectivity index (χ1v) is 4.12. The molecule has 0 unspecified atom stereocenters. The Morgan fingerprint density at radius 1 is 1.36 bits per heavy atom. The number of hydrogen-bond acceptors (Lipinski definition) is 1. The summed E-state index contributed by atoms with van der Waals surface area (Å²) in [6, 6.07) is 1.79. The van der Waals surface area contributed by atoms with Crippen LogP contribution in [-0.2, 0) is 0 Å². The lowest BCUT2D eigenvalue weighted by Gasteiger charge is -1.93. The Kier molecular flexibility index (Phi) is 2.00. The van der Waals surface area contributed by atoms with Crippen molar-refractivity contribution < 1.29 is 13.6 Å². The van der Waals surface area contributed by atoms with E-state index >= 15 is 0 Å². The molecule has 0 amide bonds. The maximum Gasteiger partial charge on any atom is 0.153 e. The van der Waals surface area contributed by atoms with Gasteiger partial charge in [-0.15, -0.1) is 0 Å². The molecule has 0 aliphatic rings. The average molecular weight is 216 g/mol. The molecule has 72 valence electrons. The van der Waals surface area contributed by atoms with Crippen molar-refractivity contribution in [3.8, 4) is 0 Å². The molecule has 0 saturated heterocycles. The maximum absolute atomic E-state index is 13.1. The zero-order valence-electron chi connectivity index (χ0n) is 6.77. The fraction of sp³-hybridized carbons (Fsp3) is 0. The van der Waals surface area contributed by atoms with E-state index in [1.165, 1.54) is 0 Å². The highest BCUT2D eigenvalue weighted by atomic mass is 35.5. The highest BCUT2D eigenvalue weighted by Crippen LogP contribution is 2.27. The minimum atomic E-state index is -0.769. The lowest BCUT2D eigenvalue weighted by Crippen LogP contribution is -1.82. The van der Waals surface area contributed by atoms with E-state index in [1.807, 2.05) is 0 Å². The number of fused-ring (bicyclic) bond motifs is 1. The van der Waals surface area contributed by atoms with Gasteiger partial charge in [0.05, 0.1) is 11.1 Å². The van der Waals surface area contributed by atoms with Gasteiger partial charge in [-0.3, -0.25) is 4.79 Å². The van der Waals surface area contributed by atoms with Crippen molar-refractivity contribution >= 4 is 28.8 Å². The standard InChI is InChI=1S/C9H4ClF2NO/c10-9-6(3-14)5-1-4(11)2-7(12)8(5)13-9/h1-3,13H. The molecular formula is C9H4ClF2NO. The van der Waals surface area contributed by atoms with Crippen LogP contribution in [0.4, 0.5) is 8.78 Å². The number of hydrogen-bond donors (Lipinski definition) is 1. The van der Waals surface area contributed by atoms with Crippen molar-refractivity contribution in [1.29, 1.82) is 0 Å². The second-order valence-corrected chi connectivity index (χ2v) is 3.16. The van der Waals surface area contributed by atoms with Gasteiger partial charge in [-0.05, 0) is 6.07 Å². The van der Waals surface area contributed by atoms with Gasteiger partial charge in [0, 0.05) is 11.5 Å². The largest absolute Gasteiger partial charge is 0.343 e. The number of rotatable bonds is 1. The number of carbonyl (C=O) groups excluding carboxylic acids is 1. The van der Waals surface area contributed by atoms with Crippen LogP contribution in [0.1, 0.15) is 10.4 Å². The van der Waals surface area contributed by atoms with Gasteiger partial charge >= 0.3 is 0 Å². The first-order chi connectivity index (χ1) is 6.63. The molecule has 1 N–H and O–H groups in total. The van der Waals surface area contributed by atoms with Crippen molar-refractivity contribution in [3.63, 3.8) is 0 Å². The summed E-state index contributed by atoms with van der Waals surface area (Å²) in [5, 5.41) is 0.169. The van der Waals surface area contributed by atoms with Crippen LogP contribution in [0.2, 0.25) is 5.15 Å². The van der Waals surface area contributed by atoms with Crippen molar-refractivity contribution in [2.45, 2.75) is 0 Å². The van der Waals surface area contributed by atoms with Gasteiger partial charge in [0.15, 0.2) is 6.29 Å². The molecule has 0 spiro atoms. The third-order valence-electron chi connectivity index (χ3n) is 1.93. The topological polar surface area (TPSA) is 32.9 Å². The van der Waals surface area contributed by atoms with Crippen LogP contribution in [0.3, 0.4) is 0 Å². The summed E-state index contributed by atoms with van der Waals surface area (Å²) in [5.74, 6) is -1.51. The Morgan fingerprint density at radius 3 is 2.71 bits per heavy atom. The molecule has 2 rings (SSSR count). The molecular weight excluding hydrogens is 212 g/mol. The van der Waals surface area contributed by atoms with Crippen LogP contribution in [0.15, 0.2) is 12.1 Å². The summed E-state index contributed by atoms with van der Waals surface area (Å²) < 4.78 is 25.9. The van der Waals surface area contributed by atoms with Crippen LogP contribution in [0.5, 0.6) is 0 Å². The van der Waals surface area contributed by atoms with E-state index < -0.39 is 11.6 Å². The van der Waals surface area contributed by atoms with E-state index in [0.717, 1.165) is 12.1 Å². The van der Waals surface area contributed by atoms with E-state index in [-0.39, 0.29) is 21.6 Å².